The third kappa shape index (κ3) is 3.17. The SMILES string of the molecule is CC(C)(C)CC(C(=O)OC1C2CC3C(O)OC1C3C2)C(C)(C)C. The molecule has 0 spiro atoms. The van der Waals surface area contributed by atoms with E-state index in [9.17, 15) is 9.90 Å². The summed E-state index contributed by atoms with van der Waals surface area (Å²) in [5.41, 5.74) is -0.0443. The van der Waals surface area contributed by atoms with Gasteiger partial charge >= 0.3 is 5.97 Å². The third-order valence-corrected chi connectivity index (χ3v) is 5.97. The van der Waals surface area contributed by atoms with Gasteiger partial charge in [-0.15, -0.1) is 0 Å². The van der Waals surface area contributed by atoms with Crippen LogP contribution < -0.4 is 0 Å². The van der Waals surface area contributed by atoms with Gasteiger partial charge in [-0.2, -0.15) is 0 Å². The fourth-order valence-electron chi connectivity index (χ4n) is 4.81. The number of rotatable bonds is 3. The summed E-state index contributed by atoms with van der Waals surface area (Å²) in [4.78, 5) is 12.9. The Morgan fingerprint density at radius 2 is 1.78 bits per heavy atom. The summed E-state index contributed by atoms with van der Waals surface area (Å²) < 4.78 is 11.7. The van der Waals surface area contributed by atoms with Crippen LogP contribution in [0.3, 0.4) is 0 Å². The number of hydrogen-bond donors (Lipinski definition) is 1. The highest BCUT2D eigenvalue weighted by Crippen LogP contribution is 2.57. The molecule has 0 aromatic heterocycles. The highest BCUT2D eigenvalue weighted by molar-refractivity contribution is 5.73. The number of carbonyl (C=O) groups excluding carboxylic acids is 1. The molecule has 0 aromatic rings. The molecular formula is C19H32O4. The van der Waals surface area contributed by atoms with E-state index in [1.54, 1.807) is 0 Å². The Labute approximate surface area is 139 Å². The number of aliphatic hydroxyl groups excluding tert-OH is 1. The van der Waals surface area contributed by atoms with Crippen LogP contribution >= 0.6 is 0 Å². The number of ether oxygens (including phenoxy) is 2. The second-order valence-electron chi connectivity index (χ2n) is 10.1. The monoisotopic (exact) mass is 324 g/mol. The molecule has 4 nitrogen and oxygen atoms in total. The summed E-state index contributed by atoms with van der Waals surface area (Å²) in [6, 6.07) is 0. The fourth-order valence-corrected chi connectivity index (χ4v) is 4.81. The Kier molecular flexibility index (Phi) is 4.08. The van der Waals surface area contributed by atoms with Gasteiger partial charge in [0.2, 0.25) is 0 Å². The maximum Gasteiger partial charge on any atom is 0.309 e. The second-order valence-corrected chi connectivity index (χ2v) is 10.1. The van der Waals surface area contributed by atoms with Crippen LogP contribution in [0.5, 0.6) is 0 Å². The predicted octanol–water partition coefficient (Wildman–Crippen LogP) is 3.37. The van der Waals surface area contributed by atoms with E-state index in [0.717, 1.165) is 19.3 Å². The zero-order chi connectivity index (χ0) is 17.2. The van der Waals surface area contributed by atoms with E-state index >= 15 is 0 Å². The van der Waals surface area contributed by atoms with Crippen LogP contribution in [-0.4, -0.2) is 29.6 Å². The van der Waals surface area contributed by atoms with Crippen LogP contribution in [0.25, 0.3) is 0 Å². The van der Waals surface area contributed by atoms with Crippen molar-refractivity contribution in [3.8, 4) is 0 Å². The summed E-state index contributed by atoms with van der Waals surface area (Å²) >= 11 is 0. The molecule has 1 heterocycles. The highest BCUT2D eigenvalue weighted by Gasteiger charge is 2.62. The lowest BCUT2D eigenvalue weighted by Crippen LogP contribution is -2.41. The molecule has 7 atom stereocenters. The van der Waals surface area contributed by atoms with E-state index in [2.05, 4.69) is 41.5 Å². The second kappa shape index (κ2) is 5.45. The van der Waals surface area contributed by atoms with Gasteiger partial charge in [0.1, 0.15) is 12.2 Å². The van der Waals surface area contributed by atoms with E-state index in [-0.39, 0.29) is 40.8 Å². The maximum atomic E-state index is 12.9. The zero-order valence-corrected chi connectivity index (χ0v) is 15.3. The summed E-state index contributed by atoms with van der Waals surface area (Å²) in [6.07, 6.45) is 1.86. The molecular weight excluding hydrogens is 292 g/mol. The molecule has 3 aliphatic rings. The Balaban J connectivity index is 1.70. The molecule has 132 valence electrons. The zero-order valence-electron chi connectivity index (χ0n) is 15.3. The summed E-state index contributed by atoms with van der Waals surface area (Å²) in [7, 11) is 0. The molecule has 3 fully saturated rings. The van der Waals surface area contributed by atoms with Gasteiger partial charge in [0.15, 0.2) is 6.29 Å². The standard InChI is InChI=1S/C19H32O4/c1-18(2,3)9-13(19(4,5)6)17(21)22-14-10-7-11-12(8-10)16(20)23-15(11)14/h10-16,20H,7-9H2,1-6H3. The number of carbonyl (C=O) groups is 1. The quantitative estimate of drug-likeness (QED) is 0.809. The number of esters is 1. The molecule has 1 saturated heterocycles. The van der Waals surface area contributed by atoms with Crippen LogP contribution in [0, 0.1) is 34.5 Å². The lowest BCUT2D eigenvalue weighted by Gasteiger charge is -2.36. The van der Waals surface area contributed by atoms with E-state index < -0.39 is 6.29 Å². The number of hydrogen-bond acceptors (Lipinski definition) is 4. The molecule has 0 radical (unpaired) electrons. The molecule has 2 saturated carbocycles. The molecule has 23 heavy (non-hydrogen) atoms. The van der Waals surface area contributed by atoms with Crippen molar-refractivity contribution in [3.05, 3.63) is 0 Å². The summed E-state index contributed by atoms with van der Waals surface area (Å²) in [5, 5.41) is 9.98. The molecule has 3 rings (SSSR count). The predicted molar refractivity (Wildman–Crippen MR) is 87.5 cm³/mol. The first-order valence-electron chi connectivity index (χ1n) is 9.01. The first-order chi connectivity index (χ1) is 10.5. The van der Waals surface area contributed by atoms with Crippen molar-refractivity contribution >= 4 is 5.97 Å². The Morgan fingerprint density at radius 1 is 1.17 bits per heavy atom. The first-order valence-corrected chi connectivity index (χ1v) is 9.01. The molecule has 0 aromatic carbocycles. The van der Waals surface area contributed by atoms with Crippen molar-refractivity contribution in [3.63, 3.8) is 0 Å². The smallest absolute Gasteiger partial charge is 0.309 e. The van der Waals surface area contributed by atoms with Crippen LogP contribution in [0.2, 0.25) is 0 Å². The van der Waals surface area contributed by atoms with Gasteiger partial charge < -0.3 is 14.6 Å². The summed E-state index contributed by atoms with van der Waals surface area (Å²) in [5.74, 6) is 0.790. The molecule has 1 aliphatic heterocycles. The van der Waals surface area contributed by atoms with Crippen LogP contribution in [-0.2, 0) is 14.3 Å². The molecule has 2 aliphatic carbocycles. The van der Waals surface area contributed by atoms with Gasteiger partial charge in [-0.05, 0) is 41.9 Å². The van der Waals surface area contributed by atoms with Gasteiger partial charge in [0.25, 0.3) is 0 Å². The van der Waals surface area contributed by atoms with Crippen LogP contribution in [0.15, 0.2) is 0 Å². The molecule has 2 bridgehead atoms. The largest absolute Gasteiger partial charge is 0.459 e. The van der Waals surface area contributed by atoms with Crippen molar-refractivity contribution < 1.29 is 19.4 Å². The van der Waals surface area contributed by atoms with Crippen molar-refractivity contribution in [1.29, 1.82) is 0 Å². The van der Waals surface area contributed by atoms with Gasteiger partial charge in [-0.25, -0.2) is 0 Å². The third-order valence-electron chi connectivity index (χ3n) is 5.97. The molecule has 4 heteroatoms. The van der Waals surface area contributed by atoms with Crippen LogP contribution in [0.1, 0.15) is 60.8 Å². The lowest BCUT2D eigenvalue weighted by atomic mass is 9.72. The maximum absolute atomic E-state index is 12.9. The van der Waals surface area contributed by atoms with Crippen LogP contribution in [0.4, 0.5) is 0 Å². The van der Waals surface area contributed by atoms with E-state index in [1.807, 2.05) is 0 Å². The van der Waals surface area contributed by atoms with Gasteiger partial charge in [-0.3, -0.25) is 4.79 Å². The van der Waals surface area contributed by atoms with Gasteiger partial charge in [0.05, 0.1) is 5.92 Å². The minimum atomic E-state index is -0.660. The highest BCUT2D eigenvalue weighted by atomic mass is 16.6. The van der Waals surface area contributed by atoms with E-state index in [4.69, 9.17) is 9.47 Å². The first kappa shape index (κ1) is 17.2. The van der Waals surface area contributed by atoms with Crippen molar-refractivity contribution in [2.45, 2.75) is 79.3 Å². The van der Waals surface area contributed by atoms with Crippen molar-refractivity contribution in [2.24, 2.45) is 34.5 Å². The van der Waals surface area contributed by atoms with Gasteiger partial charge in [-0.1, -0.05) is 41.5 Å². The number of fused-ring (bicyclic) bond motifs is 1. The molecule has 7 unspecified atom stereocenters. The van der Waals surface area contributed by atoms with E-state index in [0.29, 0.717) is 11.8 Å². The minimum Gasteiger partial charge on any atom is -0.459 e. The normalized spacial score (nSPS) is 40.5. The lowest BCUT2D eigenvalue weighted by molar-refractivity contribution is -0.174. The van der Waals surface area contributed by atoms with Crippen molar-refractivity contribution in [2.75, 3.05) is 0 Å². The Morgan fingerprint density at radius 3 is 2.35 bits per heavy atom. The Hall–Kier alpha value is -0.610. The number of aliphatic hydroxyl groups is 1. The van der Waals surface area contributed by atoms with Crippen molar-refractivity contribution in [1.82, 2.24) is 0 Å². The minimum absolute atomic E-state index is 0.0802. The van der Waals surface area contributed by atoms with Gasteiger partial charge in [0, 0.05) is 5.92 Å². The molecule has 0 amide bonds. The fraction of sp³-hybridized carbons (Fsp3) is 0.947. The van der Waals surface area contributed by atoms with E-state index in [1.165, 1.54) is 0 Å². The Bertz CT molecular complexity index is 473. The summed E-state index contributed by atoms with van der Waals surface area (Å²) in [6.45, 7) is 12.8. The average molecular weight is 324 g/mol. The molecule has 1 N–H and O–H groups in total. The topological polar surface area (TPSA) is 55.8 Å². The average Bonchev–Trinajstić information content (AvgIpc) is 2.98.